The van der Waals surface area contributed by atoms with Crippen molar-refractivity contribution >= 4 is 70.0 Å². The number of amides is 2. The van der Waals surface area contributed by atoms with E-state index in [0.29, 0.717) is 38.8 Å². The highest BCUT2D eigenvalue weighted by Crippen LogP contribution is 2.27. The van der Waals surface area contributed by atoms with Gasteiger partial charge < -0.3 is 10.2 Å². The van der Waals surface area contributed by atoms with E-state index in [-0.39, 0.29) is 24.1 Å². The molecule has 3 rings (SSSR count). The third kappa shape index (κ3) is 9.39. The van der Waals surface area contributed by atoms with Crippen molar-refractivity contribution in [3.8, 4) is 0 Å². The molecule has 0 radical (unpaired) electrons. The molecule has 38 heavy (non-hydrogen) atoms. The summed E-state index contributed by atoms with van der Waals surface area (Å²) in [5, 5.41) is 4.97. The van der Waals surface area contributed by atoms with Crippen LogP contribution in [0.1, 0.15) is 36.5 Å². The number of hydrogen-bond donors (Lipinski definition) is 1. The van der Waals surface area contributed by atoms with Crippen molar-refractivity contribution in [1.82, 2.24) is 10.2 Å². The summed E-state index contributed by atoms with van der Waals surface area (Å²) in [7, 11) is 0. The first-order valence-corrected chi connectivity index (χ1v) is 15.0. The topological polar surface area (TPSA) is 49.4 Å². The molecule has 202 valence electrons. The Kier molecular flexibility index (Phi) is 12.6. The molecule has 1 unspecified atom stereocenters. The Bertz CT molecular complexity index is 1230. The van der Waals surface area contributed by atoms with Crippen LogP contribution in [-0.2, 0) is 28.3 Å². The molecule has 1 atom stereocenters. The summed E-state index contributed by atoms with van der Waals surface area (Å²) in [6.07, 6.45) is 2.21. The van der Waals surface area contributed by atoms with E-state index in [2.05, 4.69) is 12.2 Å². The lowest BCUT2D eigenvalue weighted by Gasteiger charge is -2.31. The number of unbranched alkanes of at least 4 members (excludes halogenated alkanes) is 1. The summed E-state index contributed by atoms with van der Waals surface area (Å²) in [6, 6.07) is 19.6. The molecule has 0 fully saturated rings. The van der Waals surface area contributed by atoms with Gasteiger partial charge in [-0.25, -0.2) is 0 Å². The van der Waals surface area contributed by atoms with Gasteiger partial charge in [0.25, 0.3) is 0 Å². The van der Waals surface area contributed by atoms with Crippen molar-refractivity contribution < 1.29 is 9.59 Å². The molecule has 0 heterocycles. The van der Waals surface area contributed by atoms with Gasteiger partial charge in [-0.3, -0.25) is 9.59 Å². The summed E-state index contributed by atoms with van der Waals surface area (Å²) in [6.45, 7) is 2.84. The van der Waals surface area contributed by atoms with Crippen LogP contribution in [0, 0.1) is 0 Å². The summed E-state index contributed by atoms with van der Waals surface area (Å²) >= 11 is 26.2. The quantitative estimate of drug-likeness (QED) is 0.199. The molecule has 0 spiro atoms. The van der Waals surface area contributed by atoms with Crippen molar-refractivity contribution in [2.24, 2.45) is 0 Å². The van der Waals surface area contributed by atoms with Gasteiger partial charge in [-0.1, -0.05) is 102 Å². The van der Waals surface area contributed by atoms with Crippen molar-refractivity contribution in [2.45, 2.75) is 44.5 Å². The van der Waals surface area contributed by atoms with E-state index < -0.39 is 6.04 Å². The molecule has 0 aliphatic rings. The highest BCUT2D eigenvalue weighted by molar-refractivity contribution is 7.99. The number of benzene rings is 3. The van der Waals surface area contributed by atoms with Crippen LogP contribution in [0.2, 0.25) is 20.1 Å². The minimum absolute atomic E-state index is 0.155. The van der Waals surface area contributed by atoms with E-state index in [1.165, 1.54) is 11.8 Å². The zero-order valence-corrected chi connectivity index (χ0v) is 24.9. The number of carbonyl (C=O) groups is 2. The molecular weight excluding hydrogens is 582 g/mol. The largest absolute Gasteiger partial charge is 0.354 e. The number of nitrogens with zero attached hydrogens (tertiary/aromatic N) is 1. The number of rotatable bonds is 13. The molecule has 3 aromatic rings. The Hall–Kier alpha value is -1.89. The number of halogens is 4. The molecule has 3 aromatic carbocycles. The molecular formula is C29H30Cl4N2O2S. The second kappa shape index (κ2) is 15.6. The molecule has 0 saturated carbocycles. The van der Waals surface area contributed by atoms with Gasteiger partial charge >= 0.3 is 0 Å². The molecule has 0 saturated heterocycles. The molecule has 0 aromatic heterocycles. The predicted molar refractivity (Wildman–Crippen MR) is 161 cm³/mol. The monoisotopic (exact) mass is 610 g/mol. The standard InChI is InChI=1S/C29H30Cl4N2O2S/c1-2-3-13-34-29(37)27(15-20-7-5-4-6-8-20)35(17-21-9-12-24(31)26(33)14-21)28(36)19-38-18-22-10-11-23(30)16-25(22)32/h4-12,14,16,27H,2-3,13,15,17-19H2,1H3,(H,34,37). The molecule has 0 bridgehead atoms. The van der Waals surface area contributed by atoms with E-state index >= 15 is 0 Å². The smallest absolute Gasteiger partial charge is 0.243 e. The molecule has 1 N–H and O–H groups in total. The summed E-state index contributed by atoms with van der Waals surface area (Å²) < 4.78 is 0. The Balaban J connectivity index is 1.86. The van der Waals surface area contributed by atoms with E-state index in [1.54, 1.807) is 29.2 Å². The molecule has 4 nitrogen and oxygen atoms in total. The molecule has 9 heteroatoms. The average Bonchev–Trinajstić information content (AvgIpc) is 2.90. The van der Waals surface area contributed by atoms with Gasteiger partial charge in [0.05, 0.1) is 15.8 Å². The fourth-order valence-corrected chi connectivity index (χ4v) is 5.65. The van der Waals surface area contributed by atoms with E-state index in [9.17, 15) is 9.59 Å². The molecule has 0 aliphatic carbocycles. The first-order chi connectivity index (χ1) is 18.3. The van der Waals surface area contributed by atoms with Gasteiger partial charge in [0.2, 0.25) is 11.8 Å². The van der Waals surface area contributed by atoms with Gasteiger partial charge in [0.1, 0.15) is 6.04 Å². The van der Waals surface area contributed by atoms with Crippen LogP contribution in [0.4, 0.5) is 0 Å². The lowest BCUT2D eigenvalue weighted by atomic mass is 10.0. The lowest BCUT2D eigenvalue weighted by Crippen LogP contribution is -2.51. The Morgan fingerprint density at radius 2 is 1.66 bits per heavy atom. The molecule has 2 amide bonds. The first-order valence-electron chi connectivity index (χ1n) is 12.3. The average molecular weight is 612 g/mol. The second-order valence-corrected chi connectivity index (χ2v) is 11.5. The SMILES string of the molecule is CCCCNC(=O)C(Cc1ccccc1)N(Cc1ccc(Cl)c(Cl)c1)C(=O)CSCc1ccc(Cl)cc1Cl. The minimum atomic E-state index is -0.698. The van der Waals surface area contributed by atoms with Gasteiger partial charge in [-0.05, 0) is 47.4 Å². The van der Waals surface area contributed by atoms with Crippen LogP contribution in [0.3, 0.4) is 0 Å². The third-order valence-corrected chi connectivity index (χ3v) is 8.23. The maximum atomic E-state index is 13.7. The van der Waals surface area contributed by atoms with E-state index in [4.69, 9.17) is 46.4 Å². The summed E-state index contributed by atoms with van der Waals surface area (Å²) in [5.41, 5.74) is 2.65. The van der Waals surface area contributed by atoms with Crippen molar-refractivity contribution in [3.05, 3.63) is 104 Å². The predicted octanol–water partition coefficient (Wildman–Crippen LogP) is 8.09. The van der Waals surface area contributed by atoms with Gasteiger partial charge in [-0.15, -0.1) is 11.8 Å². The van der Waals surface area contributed by atoms with Crippen molar-refractivity contribution in [2.75, 3.05) is 12.3 Å². The fraction of sp³-hybridized carbons (Fsp3) is 0.310. The third-order valence-electron chi connectivity index (χ3n) is 5.94. The Morgan fingerprint density at radius 1 is 0.895 bits per heavy atom. The van der Waals surface area contributed by atoms with Gasteiger partial charge in [-0.2, -0.15) is 0 Å². The van der Waals surface area contributed by atoms with Gasteiger partial charge in [0, 0.05) is 35.3 Å². The number of carbonyl (C=O) groups excluding carboxylic acids is 2. The number of hydrogen-bond acceptors (Lipinski definition) is 3. The van der Waals surface area contributed by atoms with Crippen molar-refractivity contribution in [1.29, 1.82) is 0 Å². The fourth-order valence-electron chi connectivity index (χ4n) is 3.86. The van der Waals surface area contributed by atoms with E-state index in [1.807, 2.05) is 42.5 Å². The molecule has 0 aliphatic heterocycles. The van der Waals surface area contributed by atoms with Crippen LogP contribution in [0.5, 0.6) is 0 Å². The van der Waals surface area contributed by atoms with Crippen molar-refractivity contribution in [3.63, 3.8) is 0 Å². The maximum absolute atomic E-state index is 13.7. The van der Waals surface area contributed by atoms with Crippen LogP contribution in [0.25, 0.3) is 0 Å². The number of thioether (sulfide) groups is 1. The lowest BCUT2D eigenvalue weighted by molar-refractivity contribution is -0.139. The first kappa shape index (κ1) is 30.6. The highest BCUT2D eigenvalue weighted by atomic mass is 35.5. The van der Waals surface area contributed by atoms with Gasteiger partial charge in [0.15, 0.2) is 0 Å². The Morgan fingerprint density at radius 3 is 2.34 bits per heavy atom. The zero-order valence-electron chi connectivity index (χ0n) is 21.1. The summed E-state index contributed by atoms with van der Waals surface area (Å²) in [5.74, 6) is 0.376. The van der Waals surface area contributed by atoms with Crippen LogP contribution >= 0.6 is 58.2 Å². The minimum Gasteiger partial charge on any atom is -0.354 e. The maximum Gasteiger partial charge on any atom is 0.243 e. The van der Waals surface area contributed by atoms with Crippen LogP contribution < -0.4 is 5.32 Å². The summed E-state index contributed by atoms with van der Waals surface area (Å²) in [4.78, 5) is 28.8. The van der Waals surface area contributed by atoms with Crippen LogP contribution in [-0.4, -0.2) is 35.1 Å². The number of nitrogens with one attached hydrogen (secondary N) is 1. The Labute approximate surface area is 249 Å². The van der Waals surface area contributed by atoms with Crippen LogP contribution in [0.15, 0.2) is 66.7 Å². The normalized spacial score (nSPS) is 11.7. The van der Waals surface area contributed by atoms with E-state index in [0.717, 1.165) is 29.5 Å². The highest BCUT2D eigenvalue weighted by Gasteiger charge is 2.30. The second-order valence-electron chi connectivity index (χ2n) is 8.85. The zero-order chi connectivity index (χ0) is 27.5.